The Kier molecular flexibility index (Phi) is 2.45. The van der Waals surface area contributed by atoms with Crippen LogP contribution in [0.15, 0.2) is 12.1 Å². The number of hydrogen-bond acceptors (Lipinski definition) is 1. The van der Waals surface area contributed by atoms with Gasteiger partial charge >= 0.3 is 0 Å². The van der Waals surface area contributed by atoms with E-state index in [4.69, 9.17) is 11.6 Å². The first-order chi connectivity index (χ1) is 7.34. The van der Waals surface area contributed by atoms with Gasteiger partial charge in [0.15, 0.2) is 0 Å². The van der Waals surface area contributed by atoms with Crippen LogP contribution in [0.5, 0.6) is 0 Å². The molecule has 2 heteroatoms. The van der Waals surface area contributed by atoms with E-state index >= 15 is 0 Å². The summed E-state index contributed by atoms with van der Waals surface area (Å²) in [5.74, 6) is 0. The van der Waals surface area contributed by atoms with Crippen molar-refractivity contribution in [1.82, 2.24) is 5.32 Å². The molecule has 1 aliphatic heterocycles. The smallest absolute Gasteiger partial charge is 0.0412 e. The number of aryl methyl sites for hydroxylation is 1. The third-order valence-corrected chi connectivity index (χ3v) is 3.87. The molecule has 1 heterocycles. The predicted molar refractivity (Wildman–Crippen MR) is 63.5 cm³/mol. The van der Waals surface area contributed by atoms with Gasteiger partial charge in [-0.15, -0.1) is 0 Å². The largest absolute Gasteiger partial charge is 0.310 e. The quantitative estimate of drug-likeness (QED) is 0.768. The minimum absolute atomic E-state index is 0.565. The number of rotatable bonds is 1. The summed E-state index contributed by atoms with van der Waals surface area (Å²) in [5, 5.41) is 4.49. The Morgan fingerprint density at radius 1 is 1.20 bits per heavy atom. The molecule has 1 nitrogen and oxygen atoms in total. The highest BCUT2D eigenvalue weighted by Crippen LogP contribution is 2.35. The van der Waals surface area contributed by atoms with Crippen LogP contribution in [-0.2, 0) is 12.8 Å². The minimum Gasteiger partial charge on any atom is -0.310 e. The zero-order valence-corrected chi connectivity index (χ0v) is 9.61. The molecule has 1 atom stereocenters. The standard InChI is InChI=1S/C13H16ClN/c14-10-7-9-3-1-4-11(9)12(8-10)13-5-2-6-15-13/h7-8,13,15H,1-6H2/t13-/m0/s1. The first kappa shape index (κ1) is 9.68. The Bertz CT molecular complexity index is 380. The fourth-order valence-corrected chi connectivity index (χ4v) is 3.21. The van der Waals surface area contributed by atoms with Crippen LogP contribution in [0, 0.1) is 0 Å². The Balaban J connectivity index is 2.05. The van der Waals surface area contributed by atoms with E-state index in [1.54, 1.807) is 5.56 Å². The molecule has 2 aliphatic rings. The molecule has 0 aromatic heterocycles. The molecule has 1 aromatic rings. The maximum Gasteiger partial charge on any atom is 0.0412 e. The number of fused-ring (bicyclic) bond motifs is 1. The minimum atomic E-state index is 0.565. The summed E-state index contributed by atoms with van der Waals surface area (Å²) in [6.07, 6.45) is 6.34. The number of halogens is 1. The van der Waals surface area contributed by atoms with Gasteiger partial charge in [-0.05, 0) is 67.5 Å². The van der Waals surface area contributed by atoms with Crippen LogP contribution in [-0.4, -0.2) is 6.54 Å². The van der Waals surface area contributed by atoms with Crippen LogP contribution in [0.25, 0.3) is 0 Å². The summed E-state index contributed by atoms with van der Waals surface area (Å²) < 4.78 is 0. The molecule has 0 saturated carbocycles. The fourth-order valence-electron chi connectivity index (χ4n) is 2.96. The van der Waals surface area contributed by atoms with Crippen LogP contribution in [0.3, 0.4) is 0 Å². The molecule has 0 amide bonds. The lowest BCUT2D eigenvalue weighted by Gasteiger charge is -2.16. The van der Waals surface area contributed by atoms with Gasteiger partial charge in [0.2, 0.25) is 0 Å². The summed E-state index contributed by atoms with van der Waals surface area (Å²) in [5.41, 5.74) is 4.55. The second kappa shape index (κ2) is 3.80. The molecule has 1 N–H and O–H groups in total. The Hall–Kier alpha value is -0.530. The maximum absolute atomic E-state index is 6.18. The molecule has 1 fully saturated rings. The Morgan fingerprint density at radius 3 is 2.93 bits per heavy atom. The van der Waals surface area contributed by atoms with Crippen LogP contribution < -0.4 is 5.32 Å². The molecule has 0 radical (unpaired) electrons. The van der Waals surface area contributed by atoms with Gasteiger partial charge in [0.25, 0.3) is 0 Å². The van der Waals surface area contributed by atoms with E-state index in [1.165, 1.54) is 43.2 Å². The third-order valence-electron chi connectivity index (χ3n) is 3.65. The van der Waals surface area contributed by atoms with E-state index in [-0.39, 0.29) is 0 Å². The molecule has 0 bridgehead atoms. The summed E-state index contributed by atoms with van der Waals surface area (Å²) in [4.78, 5) is 0. The van der Waals surface area contributed by atoms with E-state index in [0.29, 0.717) is 6.04 Å². The van der Waals surface area contributed by atoms with Gasteiger partial charge in [-0.2, -0.15) is 0 Å². The van der Waals surface area contributed by atoms with Crippen LogP contribution >= 0.6 is 11.6 Å². The first-order valence-corrected chi connectivity index (χ1v) is 6.27. The van der Waals surface area contributed by atoms with Gasteiger partial charge in [0.1, 0.15) is 0 Å². The van der Waals surface area contributed by atoms with Gasteiger partial charge in [0, 0.05) is 11.1 Å². The number of benzene rings is 1. The second-order valence-corrected chi connectivity index (χ2v) is 5.07. The van der Waals surface area contributed by atoms with E-state index in [2.05, 4.69) is 17.4 Å². The molecule has 15 heavy (non-hydrogen) atoms. The highest BCUT2D eigenvalue weighted by atomic mass is 35.5. The highest BCUT2D eigenvalue weighted by Gasteiger charge is 2.23. The molecule has 1 aliphatic carbocycles. The van der Waals surface area contributed by atoms with E-state index in [0.717, 1.165) is 11.6 Å². The van der Waals surface area contributed by atoms with Crippen LogP contribution in [0.2, 0.25) is 5.02 Å². The van der Waals surface area contributed by atoms with Crippen molar-refractivity contribution in [3.05, 3.63) is 33.8 Å². The third kappa shape index (κ3) is 1.68. The Labute approximate surface area is 95.8 Å². The van der Waals surface area contributed by atoms with Crippen molar-refractivity contribution in [2.75, 3.05) is 6.54 Å². The molecule has 80 valence electrons. The maximum atomic E-state index is 6.18. The molecule has 3 rings (SSSR count). The zero-order valence-electron chi connectivity index (χ0n) is 8.85. The highest BCUT2D eigenvalue weighted by molar-refractivity contribution is 6.30. The normalized spacial score (nSPS) is 24.5. The molecule has 0 unspecified atom stereocenters. The van der Waals surface area contributed by atoms with E-state index < -0.39 is 0 Å². The van der Waals surface area contributed by atoms with Crippen molar-refractivity contribution >= 4 is 11.6 Å². The van der Waals surface area contributed by atoms with Gasteiger partial charge < -0.3 is 5.32 Å². The fraction of sp³-hybridized carbons (Fsp3) is 0.538. The van der Waals surface area contributed by atoms with Crippen LogP contribution in [0.1, 0.15) is 42.0 Å². The van der Waals surface area contributed by atoms with Crippen molar-refractivity contribution < 1.29 is 0 Å². The average Bonchev–Trinajstić information content (AvgIpc) is 2.86. The predicted octanol–water partition coefficient (Wildman–Crippen LogP) is 3.25. The molecular formula is C13H16ClN. The molecular weight excluding hydrogens is 206 g/mol. The van der Waals surface area contributed by atoms with Crippen molar-refractivity contribution in [2.45, 2.75) is 38.1 Å². The summed E-state index contributed by atoms with van der Waals surface area (Å²) in [7, 11) is 0. The molecule has 1 saturated heterocycles. The molecule has 0 spiro atoms. The Morgan fingerprint density at radius 2 is 2.13 bits per heavy atom. The van der Waals surface area contributed by atoms with Crippen LogP contribution in [0.4, 0.5) is 0 Å². The second-order valence-electron chi connectivity index (χ2n) is 4.64. The summed E-state index contributed by atoms with van der Waals surface area (Å²) in [6.45, 7) is 1.16. The summed E-state index contributed by atoms with van der Waals surface area (Å²) in [6, 6.07) is 4.90. The lowest BCUT2D eigenvalue weighted by Crippen LogP contribution is -2.14. The zero-order chi connectivity index (χ0) is 10.3. The van der Waals surface area contributed by atoms with E-state index in [9.17, 15) is 0 Å². The van der Waals surface area contributed by atoms with Gasteiger partial charge in [-0.25, -0.2) is 0 Å². The van der Waals surface area contributed by atoms with Gasteiger partial charge in [-0.1, -0.05) is 11.6 Å². The van der Waals surface area contributed by atoms with Crippen molar-refractivity contribution in [3.63, 3.8) is 0 Å². The van der Waals surface area contributed by atoms with Crippen molar-refractivity contribution in [2.24, 2.45) is 0 Å². The topological polar surface area (TPSA) is 12.0 Å². The first-order valence-electron chi connectivity index (χ1n) is 5.89. The number of nitrogens with one attached hydrogen (secondary N) is 1. The van der Waals surface area contributed by atoms with E-state index in [1.807, 2.05) is 0 Å². The summed E-state index contributed by atoms with van der Waals surface area (Å²) >= 11 is 6.18. The lowest BCUT2D eigenvalue weighted by atomic mass is 9.96. The SMILES string of the molecule is Clc1cc2c(c([C@@H]3CCCN3)c1)CCC2. The monoisotopic (exact) mass is 221 g/mol. The number of hydrogen-bond donors (Lipinski definition) is 1. The average molecular weight is 222 g/mol. The van der Waals surface area contributed by atoms with Crippen molar-refractivity contribution in [1.29, 1.82) is 0 Å². The van der Waals surface area contributed by atoms with Crippen molar-refractivity contribution in [3.8, 4) is 0 Å². The molecule has 1 aromatic carbocycles. The van der Waals surface area contributed by atoms with Gasteiger partial charge in [0.05, 0.1) is 0 Å². The van der Waals surface area contributed by atoms with Gasteiger partial charge in [-0.3, -0.25) is 0 Å². The lowest BCUT2D eigenvalue weighted by molar-refractivity contribution is 0.641.